The Hall–Kier alpha value is -1.32. The number of hydrogen-bond acceptors (Lipinski definition) is 4. The van der Waals surface area contributed by atoms with Gasteiger partial charge in [-0.25, -0.2) is 9.97 Å². The largest absolute Gasteiger partial charge is 0.373 e. The van der Waals surface area contributed by atoms with Gasteiger partial charge >= 0.3 is 0 Å². The molecule has 0 amide bonds. The van der Waals surface area contributed by atoms with Crippen molar-refractivity contribution in [1.29, 1.82) is 0 Å². The minimum Gasteiger partial charge on any atom is -0.373 e. The summed E-state index contributed by atoms with van der Waals surface area (Å²) in [6.07, 6.45) is 3.50. The molecule has 0 saturated heterocycles. The van der Waals surface area contributed by atoms with Gasteiger partial charge in [0, 0.05) is 24.6 Å². The Balaban J connectivity index is 2.30. The van der Waals surface area contributed by atoms with Gasteiger partial charge in [0.05, 0.1) is 0 Å². The number of aryl methyl sites for hydroxylation is 1. The fraction of sp³-hybridized carbons (Fsp3) is 0.714. The Bertz CT molecular complexity index is 436. The van der Waals surface area contributed by atoms with E-state index < -0.39 is 0 Å². The number of rotatable bonds is 5. The second-order valence-electron chi connectivity index (χ2n) is 5.69. The number of nitrogens with one attached hydrogen (secondary N) is 2. The predicted molar refractivity (Wildman–Crippen MR) is 76.1 cm³/mol. The van der Waals surface area contributed by atoms with Gasteiger partial charge in [-0.1, -0.05) is 6.92 Å². The lowest BCUT2D eigenvalue weighted by atomic mass is 9.98. The molecule has 2 N–H and O–H groups in total. The first-order valence-electron chi connectivity index (χ1n) is 6.81. The summed E-state index contributed by atoms with van der Waals surface area (Å²) in [6.45, 7) is 8.67. The second kappa shape index (κ2) is 4.75. The molecule has 1 aromatic rings. The first-order chi connectivity index (χ1) is 8.47. The lowest BCUT2D eigenvalue weighted by Gasteiger charge is -2.28. The van der Waals surface area contributed by atoms with Crippen LogP contribution in [0.3, 0.4) is 0 Å². The molecule has 0 radical (unpaired) electrons. The third-order valence-electron chi connectivity index (χ3n) is 3.78. The molecule has 0 unspecified atom stereocenters. The summed E-state index contributed by atoms with van der Waals surface area (Å²) in [7, 11) is 1.91. The van der Waals surface area contributed by atoms with Crippen LogP contribution in [0.4, 0.5) is 11.6 Å². The van der Waals surface area contributed by atoms with Crippen molar-refractivity contribution < 1.29 is 0 Å². The molecule has 2 rings (SSSR count). The van der Waals surface area contributed by atoms with Gasteiger partial charge < -0.3 is 10.6 Å². The lowest BCUT2D eigenvalue weighted by molar-refractivity contribution is 0.491. The van der Waals surface area contributed by atoms with E-state index in [1.54, 1.807) is 0 Å². The molecule has 1 aromatic heterocycles. The Labute approximate surface area is 110 Å². The number of aromatic nitrogens is 2. The maximum absolute atomic E-state index is 4.63. The average molecular weight is 248 g/mol. The van der Waals surface area contributed by atoms with Crippen molar-refractivity contribution in [1.82, 2.24) is 9.97 Å². The van der Waals surface area contributed by atoms with E-state index in [0.717, 1.165) is 35.4 Å². The molecule has 100 valence electrons. The van der Waals surface area contributed by atoms with Gasteiger partial charge in [0.25, 0.3) is 0 Å². The maximum Gasteiger partial charge on any atom is 0.135 e. The topological polar surface area (TPSA) is 49.8 Å². The van der Waals surface area contributed by atoms with Crippen molar-refractivity contribution in [3.63, 3.8) is 0 Å². The maximum atomic E-state index is 4.63. The highest BCUT2D eigenvalue weighted by atomic mass is 15.1. The molecular weight excluding hydrogens is 224 g/mol. The van der Waals surface area contributed by atoms with E-state index in [-0.39, 0.29) is 5.54 Å². The van der Waals surface area contributed by atoms with Crippen molar-refractivity contribution >= 4 is 11.6 Å². The van der Waals surface area contributed by atoms with Crippen molar-refractivity contribution in [2.75, 3.05) is 17.7 Å². The summed E-state index contributed by atoms with van der Waals surface area (Å²) in [6, 6.07) is 0. The molecule has 1 saturated carbocycles. The Kier molecular flexibility index (Phi) is 3.46. The molecule has 1 aliphatic carbocycles. The minimum absolute atomic E-state index is 0.120. The molecule has 0 spiro atoms. The van der Waals surface area contributed by atoms with Crippen molar-refractivity contribution in [3.8, 4) is 0 Å². The number of hydrogen-bond donors (Lipinski definition) is 2. The van der Waals surface area contributed by atoms with Crippen LogP contribution in [0.5, 0.6) is 0 Å². The van der Waals surface area contributed by atoms with E-state index in [9.17, 15) is 0 Å². The van der Waals surface area contributed by atoms with Gasteiger partial charge in [0.2, 0.25) is 0 Å². The summed E-state index contributed by atoms with van der Waals surface area (Å²) >= 11 is 0. The van der Waals surface area contributed by atoms with E-state index in [0.29, 0.717) is 0 Å². The fourth-order valence-corrected chi connectivity index (χ4v) is 2.30. The lowest BCUT2D eigenvalue weighted by Crippen LogP contribution is -2.34. The molecule has 4 nitrogen and oxygen atoms in total. The Morgan fingerprint density at radius 1 is 1.22 bits per heavy atom. The Morgan fingerprint density at radius 2 is 1.83 bits per heavy atom. The standard InChI is InChI=1S/C14H24N4/c1-6-11-16-12(15-5)9(2)13(17-11)18-14(3,4)10-7-8-10/h10H,6-8H2,1-5H3,(H2,15,16,17,18). The van der Waals surface area contributed by atoms with Crippen LogP contribution in [0.25, 0.3) is 0 Å². The fourth-order valence-electron chi connectivity index (χ4n) is 2.30. The van der Waals surface area contributed by atoms with Crippen LogP contribution in [0.15, 0.2) is 0 Å². The van der Waals surface area contributed by atoms with E-state index >= 15 is 0 Å². The van der Waals surface area contributed by atoms with Gasteiger partial charge in [0.15, 0.2) is 0 Å². The molecular formula is C14H24N4. The monoisotopic (exact) mass is 248 g/mol. The van der Waals surface area contributed by atoms with Crippen molar-refractivity contribution in [2.45, 2.75) is 52.5 Å². The molecule has 0 aromatic carbocycles. The molecule has 1 fully saturated rings. The summed E-state index contributed by atoms with van der Waals surface area (Å²) in [5, 5.41) is 6.76. The number of anilines is 2. The molecule has 1 aliphatic rings. The van der Waals surface area contributed by atoms with Crippen LogP contribution in [-0.4, -0.2) is 22.6 Å². The first kappa shape index (κ1) is 13.1. The van der Waals surface area contributed by atoms with E-state index in [2.05, 4.69) is 48.3 Å². The summed E-state index contributed by atoms with van der Waals surface area (Å²) < 4.78 is 0. The Morgan fingerprint density at radius 3 is 2.33 bits per heavy atom. The van der Waals surface area contributed by atoms with Gasteiger partial charge in [-0.15, -0.1) is 0 Å². The smallest absolute Gasteiger partial charge is 0.135 e. The van der Waals surface area contributed by atoms with Crippen LogP contribution in [0.2, 0.25) is 0 Å². The molecule has 0 atom stereocenters. The summed E-state index contributed by atoms with van der Waals surface area (Å²) in [5.41, 5.74) is 1.22. The summed E-state index contributed by atoms with van der Waals surface area (Å²) in [4.78, 5) is 9.13. The van der Waals surface area contributed by atoms with Crippen molar-refractivity contribution in [3.05, 3.63) is 11.4 Å². The molecule has 1 heterocycles. The zero-order chi connectivity index (χ0) is 13.3. The zero-order valence-electron chi connectivity index (χ0n) is 12.1. The van der Waals surface area contributed by atoms with Gasteiger partial charge in [0.1, 0.15) is 17.5 Å². The third kappa shape index (κ3) is 2.57. The van der Waals surface area contributed by atoms with E-state index in [4.69, 9.17) is 0 Å². The molecule has 0 bridgehead atoms. The molecule has 18 heavy (non-hydrogen) atoms. The van der Waals surface area contributed by atoms with Gasteiger partial charge in [-0.3, -0.25) is 0 Å². The highest BCUT2D eigenvalue weighted by molar-refractivity contribution is 5.58. The predicted octanol–water partition coefficient (Wildman–Crippen LogP) is 2.99. The van der Waals surface area contributed by atoms with Gasteiger partial charge in [-0.05, 0) is 39.5 Å². The first-order valence-corrected chi connectivity index (χ1v) is 6.81. The van der Waals surface area contributed by atoms with Crippen LogP contribution < -0.4 is 10.6 Å². The summed E-state index contributed by atoms with van der Waals surface area (Å²) in [5.74, 6) is 3.56. The van der Waals surface area contributed by atoms with Crippen LogP contribution in [0, 0.1) is 12.8 Å². The molecule has 0 aliphatic heterocycles. The average Bonchev–Trinajstić information content (AvgIpc) is 3.15. The molecule has 4 heteroatoms. The second-order valence-corrected chi connectivity index (χ2v) is 5.69. The quantitative estimate of drug-likeness (QED) is 0.841. The third-order valence-corrected chi connectivity index (χ3v) is 3.78. The van der Waals surface area contributed by atoms with E-state index in [1.165, 1.54) is 12.8 Å². The SMILES string of the molecule is CCc1nc(NC)c(C)c(NC(C)(C)C2CC2)n1. The van der Waals surface area contributed by atoms with Gasteiger partial charge in [-0.2, -0.15) is 0 Å². The van der Waals surface area contributed by atoms with Crippen molar-refractivity contribution in [2.24, 2.45) is 5.92 Å². The van der Waals surface area contributed by atoms with Crippen LogP contribution >= 0.6 is 0 Å². The van der Waals surface area contributed by atoms with Crippen LogP contribution in [0.1, 0.15) is 45.0 Å². The van der Waals surface area contributed by atoms with Crippen LogP contribution in [-0.2, 0) is 6.42 Å². The highest BCUT2D eigenvalue weighted by Crippen LogP contribution is 2.41. The number of nitrogens with zero attached hydrogens (tertiary/aromatic N) is 2. The highest BCUT2D eigenvalue weighted by Gasteiger charge is 2.38. The zero-order valence-corrected chi connectivity index (χ0v) is 12.1. The van der Waals surface area contributed by atoms with E-state index in [1.807, 2.05) is 7.05 Å². The minimum atomic E-state index is 0.120. The normalized spacial score (nSPS) is 15.6.